The van der Waals surface area contributed by atoms with Crippen LogP contribution in [0.3, 0.4) is 0 Å². The van der Waals surface area contributed by atoms with E-state index >= 15 is 0 Å². The van der Waals surface area contributed by atoms with Crippen LogP contribution in [0.15, 0.2) is 47.4 Å². The smallest absolute Gasteiger partial charge is 0.316 e. The molecule has 0 radical (unpaired) electrons. The van der Waals surface area contributed by atoms with Crippen molar-refractivity contribution < 1.29 is 22.9 Å². The van der Waals surface area contributed by atoms with Gasteiger partial charge < -0.3 is 15.8 Å². The summed E-state index contributed by atoms with van der Waals surface area (Å²) >= 11 is 0. The molecule has 2 amide bonds. The second-order valence-electron chi connectivity index (χ2n) is 4.77. The summed E-state index contributed by atoms with van der Waals surface area (Å²) < 4.78 is 32.4. The molecule has 10 nitrogen and oxygen atoms in total. The monoisotopic (exact) mass is 366 g/mol. The van der Waals surface area contributed by atoms with Gasteiger partial charge in [0.2, 0.25) is 0 Å². The molecule has 2 aromatic rings. The minimum absolute atomic E-state index is 0.0514. The predicted molar refractivity (Wildman–Crippen MR) is 90.1 cm³/mol. The first-order valence-corrected chi connectivity index (χ1v) is 8.23. The lowest BCUT2D eigenvalue weighted by atomic mass is 10.3. The van der Waals surface area contributed by atoms with E-state index in [0.29, 0.717) is 0 Å². The molecule has 0 saturated heterocycles. The van der Waals surface area contributed by atoms with Crippen molar-refractivity contribution in [3.05, 3.63) is 52.6 Å². The number of nitro groups is 1. The van der Waals surface area contributed by atoms with Crippen LogP contribution in [-0.4, -0.2) is 26.5 Å². The number of urea groups is 1. The van der Waals surface area contributed by atoms with Crippen LogP contribution in [0.4, 0.5) is 21.9 Å². The van der Waals surface area contributed by atoms with E-state index in [1.54, 1.807) is 0 Å². The quantitative estimate of drug-likeness (QED) is 0.524. The topological polar surface area (TPSA) is 154 Å². The Balaban J connectivity index is 2.41. The number of rotatable bonds is 6. The molecule has 0 aliphatic rings. The zero-order valence-corrected chi connectivity index (χ0v) is 13.7. The summed E-state index contributed by atoms with van der Waals surface area (Å²) in [5.74, 6) is -0.0514. The van der Waals surface area contributed by atoms with Crippen molar-refractivity contribution in [1.29, 1.82) is 0 Å². The SMILES string of the molecule is COc1ccc([N+](=O)[O-])cc1S(=O)(=O)Nc1cccc(NC(N)=O)c1. The number of amides is 2. The van der Waals surface area contributed by atoms with Crippen LogP contribution in [0.2, 0.25) is 0 Å². The van der Waals surface area contributed by atoms with Gasteiger partial charge in [-0.3, -0.25) is 14.8 Å². The van der Waals surface area contributed by atoms with Crippen molar-refractivity contribution in [2.75, 3.05) is 17.1 Å². The Morgan fingerprint density at radius 1 is 1.20 bits per heavy atom. The van der Waals surface area contributed by atoms with E-state index in [0.717, 1.165) is 12.1 Å². The lowest BCUT2D eigenvalue weighted by Crippen LogP contribution is -2.19. The first-order valence-electron chi connectivity index (χ1n) is 6.74. The van der Waals surface area contributed by atoms with E-state index in [1.165, 1.54) is 37.4 Å². The Labute approximate surface area is 142 Å². The highest BCUT2D eigenvalue weighted by molar-refractivity contribution is 7.92. The molecule has 2 rings (SSSR count). The van der Waals surface area contributed by atoms with Crippen LogP contribution in [0.25, 0.3) is 0 Å². The number of carbonyl (C=O) groups excluding carboxylic acids is 1. The summed E-state index contributed by atoms with van der Waals surface area (Å²) in [5.41, 5.74) is 5.01. The Morgan fingerprint density at radius 2 is 1.88 bits per heavy atom. The van der Waals surface area contributed by atoms with Crippen LogP contribution in [0.1, 0.15) is 0 Å². The molecule has 0 fully saturated rings. The summed E-state index contributed by atoms with van der Waals surface area (Å²) in [6, 6.07) is 8.20. The molecule has 0 aromatic heterocycles. The Kier molecular flexibility index (Phi) is 5.08. The number of nitrogens with two attached hydrogens (primary N) is 1. The largest absolute Gasteiger partial charge is 0.495 e. The summed E-state index contributed by atoms with van der Waals surface area (Å²) in [4.78, 5) is 20.6. The van der Waals surface area contributed by atoms with Gasteiger partial charge in [0.25, 0.3) is 15.7 Å². The first kappa shape index (κ1) is 18.0. The highest BCUT2D eigenvalue weighted by Crippen LogP contribution is 2.30. The van der Waals surface area contributed by atoms with Gasteiger partial charge in [-0.2, -0.15) is 0 Å². The molecule has 2 aromatic carbocycles. The van der Waals surface area contributed by atoms with E-state index in [9.17, 15) is 23.3 Å². The van der Waals surface area contributed by atoms with Gasteiger partial charge in [0.05, 0.1) is 17.7 Å². The maximum atomic E-state index is 12.6. The molecule has 0 saturated carbocycles. The number of benzene rings is 2. The van der Waals surface area contributed by atoms with E-state index in [-0.39, 0.29) is 17.1 Å². The number of ether oxygens (including phenoxy) is 1. The molecule has 11 heteroatoms. The summed E-state index contributed by atoms with van der Waals surface area (Å²) in [7, 11) is -2.93. The van der Waals surface area contributed by atoms with Crippen molar-refractivity contribution in [1.82, 2.24) is 0 Å². The number of sulfonamides is 1. The molecule has 132 valence electrons. The van der Waals surface area contributed by atoms with E-state index in [2.05, 4.69) is 10.0 Å². The zero-order chi connectivity index (χ0) is 18.6. The number of primary amides is 1. The number of methoxy groups -OCH3 is 1. The third-order valence-electron chi connectivity index (χ3n) is 3.03. The number of anilines is 2. The lowest BCUT2D eigenvalue weighted by Gasteiger charge is -2.12. The summed E-state index contributed by atoms with van der Waals surface area (Å²) in [5, 5.41) is 13.2. The number of carbonyl (C=O) groups is 1. The number of nitro benzene ring substituents is 1. The Bertz CT molecular complexity index is 929. The first-order chi connectivity index (χ1) is 11.7. The second kappa shape index (κ2) is 7.05. The molecule has 0 heterocycles. The van der Waals surface area contributed by atoms with Gasteiger partial charge >= 0.3 is 6.03 Å². The lowest BCUT2D eigenvalue weighted by molar-refractivity contribution is -0.385. The molecule has 0 unspecified atom stereocenters. The van der Waals surface area contributed by atoms with Crippen LogP contribution in [-0.2, 0) is 10.0 Å². The van der Waals surface area contributed by atoms with Gasteiger partial charge in [0.1, 0.15) is 10.6 Å². The number of non-ortho nitro benzene ring substituents is 1. The molecule has 0 aliphatic heterocycles. The van der Waals surface area contributed by atoms with Gasteiger partial charge in [0.15, 0.2) is 0 Å². The van der Waals surface area contributed by atoms with Crippen molar-refractivity contribution in [3.8, 4) is 5.75 Å². The normalized spacial score (nSPS) is 10.8. The van der Waals surface area contributed by atoms with Crippen molar-refractivity contribution in [2.45, 2.75) is 4.90 Å². The minimum atomic E-state index is -4.18. The summed E-state index contributed by atoms with van der Waals surface area (Å²) in [6.07, 6.45) is 0. The van der Waals surface area contributed by atoms with Crippen LogP contribution in [0.5, 0.6) is 5.75 Å². The van der Waals surface area contributed by atoms with Crippen LogP contribution < -0.4 is 20.5 Å². The molecule has 0 aliphatic carbocycles. The van der Waals surface area contributed by atoms with Gasteiger partial charge in [-0.05, 0) is 24.3 Å². The highest BCUT2D eigenvalue weighted by atomic mass is 32.2. The standard InChI is InChI=1S/C14H14N4O6S/c1-24-12-6-5-11(18(20)21)8-13(12)25(22,23)17-10-4-2-3-9(7-10)16-14(15)19/h2-8,17H,1H3,(H3,15,16,19). The number of hydrogen-bond acceptors (Lipinski definition) is 6. The van der Waals surface area contributed by atoms with E-state index < -0.39 is 31.6 Å². The van der Waals surface area contributed by atoms with Crippen LogP contribution >= 0.6 is 0 Å². The highest BCUT2D eigenvalue weighted by Gasteiger charge is 2.23. The van der Waals surface area contributed by atoms with Crippen molar-refractivity contribution in [3.63, 3.8) is 0 Å². The van der Waals surface area contributed by atoms with Gasteiger partial charge in [-0.15, -0.1) is 0 Å². The third kappa shape index (κ3) is 4.35. The van der Waals surface area contributed by atoms with Gasteiger partial charge in [0, 0.05) is 17.8 Å². The van der Waals surface area contributed by atoms with E-state index in [1.807, 2.05) is 0 Å². The Morgan fingerprint density at radius 3 is 2.48 bits per heavy atom. The van der Waals surface area contributed by atoms with Crippen molar-refractivity contribution >= 4 is 33.1 Å². The predicted octanol–water partition coefficient (Wildman–Crippen LogP) is 1.89. The fraction of sp³-hybridized carbons (Fsp3) is 0.0714. The van der Waals surface area contributed by atoms with Gasteiger partial charge in [-0.25, -0.2) is 13.2 Å². The molecule has 0 spiro atoms. The molecule has 4 N–H and O–H groups in total. The zero-order valence-electron chi connectivity index (χ0n) is 12.9. The average molecular weight is 366 g/mol. The fourth-order valence-corrected chi connectivity index (χ4v) is 3.24. The third-order valence-corrected chi connectivity index (χ3v) is 4.43. The molecule has 0 atom stereocenters. The molecule has 25 heavy (non-hydrogen) atoms. The van der Waals surface area contributed by atoms with Crippen LogP contribution in [0, 0.1) is 10.1 Å². The number of nitrogens with zero attached hydrogens (tertiary/aromatic N) is 1. The molecular weight excluding hydrogens is 352 g/mol. The number of nitrogens with one attached hydrogen (secondary N) is 2. The van der Waals surface area contributed by atoms with Crippen molar-refractivity contribution in [2.24, 2.45) is 5.73 Å². The number of hydrogen-bond donors (Lipinski definition) is 3. The maximum absolute atomic E-state index is 12.6. The molecular formula is C14H14N4O6S. The molecule has 0 bridgehead atoms. The fourth-order valence-electron chi connectivity index (χ4n) is 2.00. The maximum Gasteiger partial charge on any atom is 0.316 e. The Hall–Kier alpha value is -3.34. The van der Waals surface area contributed by atoms with Gasteiger partial charge in [-0.1, -0.05) is 6.07 Å². The summed E-state index contributed by atoms with van der Waals surface area (Å²) in [6.45, 7) is 0. The average Bonchev–Trinajstić information content (AvgIpc) is 2.53. The second-order valence-corrected chi connectivity index (χ2v) is 6.42. The van der Waals surface area contributed by atoms with E-state index in [4.69, 9.17) is 10.5 Å². The minimum Gasteiger partial charge on any atom is -0.495 e.